The van der Waals surface area contributed by atoms with Gasteiger partial charge in [0, 0.05) is 19.0 Å². The van der Waals surface area contributed by atoms with E-state index in [0.717, 1.165) is 12.9 Å². The molecule has 2 amide bonds. The number of hydrogen-bond acceptors (Lipinski definition) is 2. The highest BCUT2D eigenvalue weighted by atomic mass is 79.9. The zero-order valence-electron chi connectivity index (χ0n) is 8.31. The van der Waals surface area contributed by atoms with Gasteiger partial charge in [-0.3, -0.25) is 9.59 Å². The summed E-state index contributed by atoms with van der Waals surface area (Å²) in [6, 6.07) is 3.55. The summed E-state index contributed by atoms with van der Waals surface area (Å²) in [5, 5.41) is 0. The minimum Gasteiger partial charge on any atom is -0.268 e. The van der Waals surface area contributed by atoms with Crippen molar-refractivity contribution in [2.75, 3.05) is 0 Å². The van der Waals surface area contributed by atoms with Crippen LogP contribution in [-0.4, -0.2) is 15.7 Å². The molecule has 1 aliphatic heterocycles. The molecule has 1 aromatic rings. The largest absolute Gasteiger partial charge is 0.278 e. The first-order chi connectivity index (χ1) is 8.36. The number of hydrogen-bond donors (Lipinski definition) is 0. The molecule has 0 saturated heterocycles. The van der Waals surface area contributed by atoms with E-state index in [0.29, 0.717) is 15.6 Å². The van der Waals surface area contributed by atoms with Crippen molar-refractivity contribution in [3.05, 3.63) is 35.6 Å². The number of halogens is 5. The fraction of sp³-hybridized carbons (Fsp3) is 0. The molecule has 0 radical (unpaired) electrons. The Bertz CT molecular complexity index is 611. The smallest absolute Gasteiger partial charge is 0.268 e. The lowest BCUT2D eigenvalue weighted by molar-refractivity contribution is -0.129. The molecule has 94 valence electrons. The van der Waals surface area contributed by atoms with E-state index >= 15 is 0 Å². The average Bonchev–Trinajstić information content (AvgIpc) is 2.53. The Morgan fingerprint density at radius 3 is 2.00 bits per heavy atom. The first-order valence-electron chi connectivity index (χ1n) is 4.44. The van der Waals surface area contributed by atoms with Gasteiger partial charge in [-0.25, -0.2) is 3.93 Å². The Hall–Kier alpha value is 0.500. The number of nitrogens with zero attached hydrogens (tertiary/aromatic N) is 1. The Balaban J connectivity index is 2.68. The number of amides is 2. The van der Waals surface area contributed by atoms with Gasteiger partial charge >= 0.3 is 0 Å². The van der Waals surface area contributed by atoms with Crippen molar-refractivity contribution in [3.8, 4) is 0 Å². The van der Waals surface area contributed by atoms with Crippen LogP contribution >= 0.6 is 79.9 Å². The molecule has 0 aromatic heterocycles. The molecule has 0 fully saturated rings. The van der Waals surface area contributed by atoms with Crippen LogP contribution in [0.25, 0.3) is 5.57 Å². The van der Waals surface area contributed by atoms with Crippen LogP contribution in [0.2, 0.25) is 0 Å². The lowest BCUT2D eigenvalue weighted by atomic mass is 10.1. The van der Waals surface area contributed by atoms with Gasteiger partial charge in [0.15, 0.2) is 0 Å². The molecule has 18 heavy (non-hydrogen) atoms. The van der Waals surface area contributed by atoms with Crippen molar-refractivity contribution in [2.24, 2.45) is 0 Å². The van der Waals surface area contributed by atoms with Crippen LogP contribution in [0.4, 0.5) is 0 Å². The van der Waals surface area contributed by atoms with Crippen molar-refractivity contribution in [1.82, 2.24) is 3.93 Å². The quantitative estimate of drug-likeness (QED) is 0.279. The van der Waals surface area contributed by atoms with Gasteiger partial charge in [0.05, 0.1) is 26.2 Å². The third-order valence-corrected chi connectivity index (χ3v) is 7.03. The molecule has 2 rings (SSSR count). The first-order valence-corrected chi connectivity index (χ1v) is 8.32. The predicted octanol–water partition coefficient (Wildman–Crippen LogP) is 4.76. The minimum atomic E-state index is -0.416. The Morgan fingerprint density at radius 2 is 1.50 bits per heavy atom. The number of benzene rings is 1. The molecule has 1 aromatic carbocycles. The molecule has 0 unspecified atom stereocenters. The molecule has 0 bridgehead atoms. The highest BCUT2D eigenvalue weighted by Crippen LogP contribution is 2.41. The SMILES string of the molecule is O=C1C(Br)=C(c2ccc(Br)c(Br)c2Br)C(=O)N1Br. The second kappa shape index (κ2) is 5.47. The van der Waals surface area contributed by atoms with Crippen LogP contribution in [0.5, 0.6) is 0 Å². The second-order valence-electron chi connectivity index (χ2n) is 3.30. The van der Waals surface area contributed by atoms with Gasteiger partial charge in [-0.05, 0) is 69.8 Å². The molecule has 3 nitrogen and oxygen atoms in total. The molecule has 1 aliphatic rings. The summed E-state index contributed by atoms with van der Waals surface area (Å²) in [6.45, 7) is 0. The molecular weight excluding hydrogens is 566 g/mol. The van der Waals surface area contributed by atoms with Crippen LogP contribution in [0, 0.1) is 0 Å². The predicted molar refractivity (Wildman–Crippen MR) is 86.2 cm³/mol. The maximum Gasteiger partial charge on any atom is 0.278 e. The molecule has 1 heterocycles. The van der Waals surface area contributed by atoms with Gasteiger partial charge in [-0.1, -0.05) is 6.07 Å². The monoisotopic (exact) mass is 563 g/mol. The molecular formula is C10H2Br5NO2. The van der Waals surface area contributed by atoms with Crippen molar-refractivity contribution < 1.29 is 9.59 Å². The standard InChI is InChI=1S/C10H2Br5NO2/c11-4-2-1-3(6(12)7(4)13)5-8(14)10(18)16(15)9(5)17/h1-2H. The van der Waals surface area contributed by atoms with Gasteiger partial charge < -0.3 is 0 Å². The molecule has 8 heteroatoms. The summed E-state index contributed by atoms with van der Waals surface area (Å²) < 4.78 is 3.46. The summed E-state index contributed by atoms with van der Waals surface area (Å²) in [5.74, 6) is -0.817. The highest BCUT2D eigenvalue weighted by Gasteiger charge is 2.37. The van der Waals surface area contributed by atoms with E-state index in [1.54, 1.807) is 12.1 Å². The van der Waals surface area contributed by atoms with Gasteiger partial charge in [-0.15, -0.1) is 0 Å². The minimum absolute atomic E-state index is 0.235. The average molecular weight is 568 g/mol. The summed E-state index contributed by atoms with van der Waals surface area (Å²) in [7, 11) is 0. The number of imide groups is 1. The van der Waals surface area contributed by atoms with Crippen LogP contribution in [0.15, 0.2) is 30.0 Å². The van der Waals surface area contributed by atoms with Crippen LogP contribution in [-0.2, 0) is 9.59 Å². The molecule has 0 N–H and O–H groups in total. The number of carbonyl (C=O) groups is 2. The van der Waals surface area contributed by atoms with Crippen molar-refractivity contribution >= 4 is 97.3 Å². The first kappa shape index (κ1) is 14.9. The van der Waals surface area contributed by atoms with E-state index in [1.807, 2.05) is 0 Å². The van der Waals surface area contributed by atoms with Crippen LogP contribution in [0.3, 0.4) is 0 Å². The van der Waals surface area contributed by atoms with E-state index in [4.69, 9.17) is 0 Å². The third-order valence-electron chi connectivity index (χ3n) is 2.28. The normalized spacial score (nSPS) is 15.9. The van der Waals surface area contributed by atoms with E-state index in [9.17, 15) is 9.59 Å². The maximum atomic E-state index is 12.0. The Kier molecular flexibility index (Phi) is 4.53. The number of carbonyl (C=O) groups excluding carboxylic acids is 2. The summed E-state index contributed by atoms with van der Waals surface area (Å²) >= 11 is 16.3. The second-order valence-corrected chi connectivity index (χ2v) is 7.25. The van der Waals surface area contributed by atoms with Gasteiger partial charge in [0.25, 0.3) is 11.8 Å². The van der Waals surface area contributed by atoms with Gasteiger partial charge in [0.2, 0.25) is 0 Å². The van der Waals surface area contributed by atoms with Crippen molar-refractivity contribution in [2.45, 2.75) is 0 Å². The molecule has 0 spiro atoms. The number of rotatable bonds is 1. The highest BCUT2D eigenvalue weighted by molar-refractivity contribution is 9.14. The summed E-state index contributed by atoms with van der Waals surface area (Å²) in [6.07, 6.45) is 0. The maximum absolute atomic E-state index is 12.0. The Morgan fingerprint density at radius 1 is 0.889 bits per heavy atom. The van der Waals surface area contributed by atoms with Gasteiger partial charge in [-0.2, -0.15) is 0 Å². The van der Waals surface area contributed by atoms with Crippen LogP contribution < -0.4 is 0 Å². The van der Waals surface area contributed by atoms with Gasteiger partial charge in [0.1, 0.15) is 0 Å². The lowest BCUT2D eigenvalue weighted by Gasteiger charge is -2.08. The molecule has 0 saturated carbocycles. The van der Waals surface area contributed by atoms with E-state index in [-0.39, 0.29) is 4.48 Å². The van der Waals surface area contributed by atoms with Crippen molar-refractivity contribution in [1.29, 1.82) is 0 Å². The fourth-order valence-corrected chi connectivity index (χ4v) is 4.07. The van der Waals surface area contributed by atoms with E-state index < -0.39 is 11.8 Å². The fourth-order valence-electron chi connectivity index (χ4n) is 1.43. The third kappa shape index (κ3) is 2.30. The van der Waals surface area contributed by atoms with E-state index in [1.165, 1.54) is 0 Å². The topological polar surface area (TPSA) is 37.4 Å². The lowest BCUT2D eigenvalue weighted by Crippen LogP contribution is -2.20. The van der Waals surface area contributed by atoms with Crippen molar-refractivity contribution in [3.63, 3.8) is 0 Å². The zero-order chi connectivity index (χ0) is 13.6. The molecule has 0 aliphatic carbocycles. The summed E-state index contributed by atoms with van der Waals surface area (Å²) in [4.78, 5) is 23.7. The molecule has 0 atom stereocenters. The zero-order valence-corrected chi connectivity index (χ0v) is 16.2. The van der Waals surface area contributed by atoms with Crippen LogP contribution in [0.1, 0.15) is 5.56 Å². The van der Waals surface area contributed by atoms with E-state index in [2.05, 4.69) is 79.9 Å². The summed E-state index contributed by atoms with van der Waals surface area (Å²) in [5.41, 5.74) is 0.953. The Labute approximate surface area is 145 Å².